The Bertz CT molecular complexity index is 375. The molecule has 0 aromatic heterocycles. The molecular weight excluding hydrogens is 236 g/mol. The zero-order chi connectivity index (χ0) is 12.9. The third-order valence-corrected chi connectivity index (χ3v) is 4.23. The Morgan fingerprint density at radius 2 is 2.00 bits per heavy atom. The molecule has 1 rings (SSSR count). The highest BCUT2D eigenvalue weighted by atomic mass is 32.2. The van der Waals surface area contributed by atoms with Gasteiger partial charge in [0.05, 0.1) is 7.11 Å². The van der Waals surface area contributed by atoms with E-state index in [1.165, 1.54) is 11.8 Å². The van der Waals surface area contributed by atoms with Crippen molar-refractivity contribution in [3.63, 3.8) is 0 Å². The van der Waals surface area contributed by atoms with Crippen molar-refractivity contribution < 1.29 is 14.6 Å². The summed E-state index contributed by atoms with van der Waals surface area (Å²) in [6.07, 6.45) is 3.21. The molecule has 0 aliphatic carbocycles. The summed E-state index contributed by atoms with van der Waals surface area (Å²) in [4.78, 5) is 11.1. The molecule has 1 atom stereocenters. The van der Waals surface area contributed by atoms with Crippen molar-refractivity contribution in [3.05, 3.63) is 29.8 Å². The minimum absolute atomic E-state index is 0.621. The normalized spacial score (nSPS) is 14.1. The molecule has 1 aromatic rings. The smallest absolute Gasteiger partial charge is 0.319 e. The first-order valence-corrected chi connectivity index (χ1v) is 6.66. The van der Waals surface area contributed by atoms with Crippen LogP contribution in [-0.2, 0) is 11.2 Å². The number of thioether (sulfide) groups is 1. The highest BCUT2D eigenvalue weighted by Crippen LogP contribution is 2.28. The molecule has 0 saturated heterocycles. The van der Waals surface area contributed by atoms with Gasteiger partial charge in [0.1, 0.15) is 10.5 Å². The van der Waals surface area contributed by atoms with Gasteiger partial charge in [0, 0.05) is 0 Å². The van der Waals surface area contributed by atoms with Gasteiger partial charge in [-0.15, -0.1) is 11.8 Å². The van der Waals surface area contributed by atoms with Crippen LogP contribution >= 0.6 is 11.8 Å². The van der Waals surface area contributed by atoms with Crippen LogP contribution in [0.15, 0.2) is 24.3 Å². The maximum absolute atomic E-state index is 11.1. The summed E-state index contributed by atoms with van der Waals surface area (Å²) < 4.78 is 4.37. The molecule has 0 fully saturated rings. The number of methoxy groups -OCH3 is 1. The number of carboxylic acids is 1. The van der Waals surface area contributed by atoms with Crippen molar-refractivity contribution in [2.75, 3.05) is 13.4 Å². The van der Waals surface area contributed by atoms with Gasteiger partial charge in [-0.1, -0.05) is 12.1 Å². The summed E-state index contributed by atoms with van der Waals surface area (Å²) in [5.41, 5.74) is 1.13. The maximum Gasteiger partial charge on any atom is 0.319 e. The summed E-state index contributed by atoms with van der Waals surface area (Å²) in [5.74, 6) is 0.0677. The summed E-state index contributed by atoms with van der Waals surface area (Å²) >= 11 is 1.38. The standard InChI is InChI=1S/C13H18O3S/c1-13(17-3,12(14)15)9-8-10-4-6-11(16-2)7-5-10/h4-7H,8-9H2,1-3H3,(H,14,15). The van der Waals surface area contributed by atoms with Gasteiger partial charge in [-0.25, -0.2) is 0 Å². The zero-order valence-electron chi connectivity index (χ0n) is 10.4. The number of rotatable bonds is 6. The van der Waals surface area contributed by atoms with E-state index < -0.39 is 10.7 Å². The minimum atomic E-state index is -0.751. The Hall–Kier alpha value is -1.16. The molecule has 1 aromatic carbocycles. The fraction of sp³-hybridized carbons (Fsp3) is 0.462. The predicted molar refractivity (Wildman–Crippen MR) is 70.9 cm³/mol. The van der Waals surface area contributed by atoms with Gasteiger partial charge >= 0.3 is 5.97 Å². The second-order valence-electron chi connectivity index (χ2n) is 4.09. The lowest BCUT2D eigenvalue weighted by Crippen LogP contribution is -2.31. The molecule has 0 aliphatic rings. The highest BCUT2D eigenvalue weighted by molar-refractivity contribution is 8.00. The van der Waals surface area contributed by atoms with Gasteiger partial charge in [-0.2, -0.15) is 0 Å². The second-order valence-corrected chi connectivity index (χ2v) is 5.40. The zero-order valence-corrected chi connectivity index (χ0v) is 11.2. The minimum Gasteiger partial charge on any atom is -0.497 e. The summed E-state index contributed by atoms with van der Waals surface area (Å²) in [5, 5.41) is 9.15. The summed E-state index contributed by atoms with van der Waals surface area (Å²) in [6.45, 7) is 1.77. The van der Waals surface area contributed by atoms with E-state index in [4.69, 9.17) is 9.84 Å². The van der Waals surface area contributed by atoms with Gasteiger partial charge < -0.3 is 9.84 Å². The molecule has 3 nitrogen and oxygen atoms in total. The van der Waals surface area contributed by atoms with Crippen LogP contribution < -0.4 is 4.74 Å². The molecule has 94 valence electrons. The number of benzene rings is 1. The van der Waals surface area contributed by atoms with Crippen LogP contribution in [0.1, 0.15) is 18.9 Å². The van der Waals surface area contributed by atoms with E-state index in [1.807, 2.05) is 30.5 Å². The van der Waals surface area contributed by atoms with E-state index in [0.29, 0.717) is 6.42 Å². The van der Waals surface area contributed by atoms with E-state index in [0.717, 1.165) is 17.7 Å². The first kappa shape index (κ1) is 13.9. The number of carboxylic acid groups (broad SMARTS) is 1. The summed E-state index contributed by atoms with van der Waals surface area (Å²) in [7, 11) is 1.63. The first-order valence-electron chi connectivity index (χ1n) is 5.43. The van der Waals surface area contributed by atoms with Crippen molar-refractivity contribution in [1.82, 2.24) is 0 Å². The number of hydrogen-bond donors (Lipinski definition) is 1. The molecule has 0 heterocycles. The summed E-state index contributed by atoms with van der Waals surface area (Å²) in [6, 6.07) is 7.74. The molecule has 0 saturated carbocycles. The second kappa shape index (κ2) is 5.96. The fourth-order valence-electron chi connectivity index (χ4n) is 1.47. The Balaban J connectivity index is 2.63. The van der Waals surface area contributed by atoms with Crippen molar-refractivity contribution in [1.29, 1.82) is 0 Å². The average molecular weight is 254 g/mol. The van der Waals surface area contributed by atoms with Gasteiger partial charge in [0.25, 0.3) is 0 Å². The van der Waals surface area contributed by atoms with Gasteiger partial charge in [-0.05, 0) is 43.7 Å². The first-order chi connectivity index (χ1) is 8.01. The van der Waals surface area contributed by atoms with Crippen LogP contribution in [0.25, 0.3) is 0 Å². The van der Waals surface area contributed by atoms with E-state index in [9.17, 15) is 4.79 Å². The van der Waals surface area contributed by atoms with Crippen molar-refractivity contribution in [3.8, 4) is 5.75 Å². The monoisotopic (exact) mass is 254 g/mol. The van der Waals surface area contributed by atoms with E-state index >= 15 is 0 Å². The van der Waals surface area contributed by atoms with Crippen LogP contribution in [0.3, 0.4) is 0 Å². The molecule has 1 N–H and O–H groups in total. The Kier molecular flexibility index (Phi) is 4.87. The predicted octanol–water partition coefficient (Wildman–Crippen LogP) is 2.83. The lowest BCUT2D eigenvalue weighted by Gasteiger charge is -2.22. The number of carbonyl (C=O) groups is 1. The number of hydrogen-bond acceptors (Lipinski definition) is 3. The lowest BCUT2D eigenvalue weighted by atomic mass is 10.0. The van der Waals surface area contributed by atoms with Gasteiger partial charge in [-0.3, -0.25) is 4.79 Å². The molecule has 17 heavy (non-hydrogen) atoms. The lowest BCUT2D eigenvalue weighted by molar-refractivity contribution is -0.139. The van der Waals surface area contributed by atoms with Crippen LogP contribution in [-0.4, -0.2) is 29.2 Å². The molecule has 1 unspecified atom stereocenters. The third kappa shape index (κ3) is 3.66. The molecule has 4 heteroatoms. The largest absolute Gasteiger partial charge is 0.497 e. The Labute approximate surface area is 106 Å². The van der Waals surface area contributed by atoms with Crippen LogP contribution in [0, 0.1) is 0 Å². The molecule has 0 spiro atoms. The average Bonchev–Trinajstić information content (AvgIpc) is 2.36. The van der Waals surface area contributed by atoms with Crippen LogP contribution in [0.4, 0.5) is 0 Å². The quantitative estimate of drug-likeness (QED) is 0.848. The van der Waals surface area contributed by atoms with Gasteiger partial charge in [0.2, 0.25) is 0 Å². The Morgan fingerprint density at radius 3 is 2.41 bits per heavy atom. The van der Waals surface area contributed by atoms with E-state index in [1.54, 1.807) is 14.0 Å². The van der Waals surface area contributed by atoms with Crippen LogP contribution in [0.5, 0.6) is 5.75 Å². The molecule has 0 amide bonds. The number of aliphatic carboxylic acids is 1. The molecule has 0 bridgehead atoms. The highest BCUT2D eigenvalue weighted by Gasteiger charge is 2.31. The number of ether oxygens (including phenoxy) is 1. The van der Waals surface area contributed by atoms with Crippen molar-refractivity contribution in [2.24, 2.45) is 0 Å². The third-order valence-electron chi connectivity index (χ3n) is 2.95. The maximum atomic E-state index is 11.1. The van der Waals surface area contributed by atoms with Gasteiger partial charge in [0.15, 0.2) is 0 Å². The van der Waals surface area contributed by atoms with Crippen molar-refractivity contribution in [2.45, 2.75) is 24.5 Å². The number of aryl methyl sites for hydroxylation is 1. The SMILES string of the molecule is COc1ccc(CCC(C)(SC)C(=O)O)cc1. The van der Waals surface area contributed by atoms with E-state index in [2.05, 4.69) is 0 Å². The van der Waals surface area contributed by atoms with Crippen LogP contribution in [0.2, 0.25) is 0 Å². The molecular formula is C13H18O3S. The Morgan fingerprint density at radius 1 is 1.41 bits per heavy atom. The molecule has 0 radical (unpaired) electrons. The van der Waals surface area contributed by atoms with Crippen molar-refractivity contribution >= 4 is 17.7 Å². The molecule has 0 aliphatic heterocycles. The van der Waals surface area contributed by atoms with E-state index in [-0.39, 0.29) is 0 Å². The fourth-order valence-corrected chi connectivity index (χ4v) is 1.95. The topological polar surface area (TPSA) is 46.5 Å².